The smallest absolute Gasteiger partial charge is 0.322 e. The van der Waals surface area contributed by atoms with Gasteiger partial charge in [-0.1, -0.05) is 90.9 Å². The van der Waals surface area contributed by atoms with Gasteiger partial charge in [0.1, 0.15) is 0 Å². The van der Waals surface area contributed by atoms with E-state index in [4.69, 9.17) is 21.9 Å². The second-order valence-corrected chi connectivity index (χ2v) is 7.34. The molecule has 0 aromatic rings. The highest BCUT2D eigenvalue weighted by atomic mass is 35.5. The number of carbonyl (C=O) groups excluding carboxylic acids is 1. The van der Waals surface area contributed by atoms with Gasteiger partial charge in [0.05, 0.1) is 6.54 Å². The first-order chi connectivity index (χ1) is 12.0. The number of carbonyl (C=O) groups is 1. The maximum Gasteiger partial charge on any atom is 0.322 e. The first kappa shape index (κ1) is 27.9. The van der Waals surface area contributed by atoms with Gasteiger partial charge in [0.15, 0.2) is 0 Å². The van der Waals surface area contributed by atoms with Crippen LogP contribution in [0.5, 0.6) is 0 Å². The minimum Gasteiger partial charge on any atom is -0.429 e. The number of ether oxygens (including phenoxy) is 1. The van der Waals surface area contributed by atoms with E-state index in [1.165, 1.54) is 64.2 Å². The molecule has 0 aromatic heterocycles. The number of halogens is 1. The Morgan fingerprint density at radius 3 is 1.58 bits per heavy atom. The van der Waals surface area contributed by atoms with Gasteiger partial charge in [-0.05, 0) is 12.8 Å². The zero-order valence-electron chi connectivity index (χ0n) is 17.1. The van der Waals surface area contributed by atoms with E-state index >= 15 is 0 Å². The second-order valence-electron chi connectivity index (χ2n) is 7.34. The third-order valence-electron chi connectivity index (χ3n) is 4.91. The summed E-state index contributed by atoms with van der Waals surface area (Å²) in [4.78, 5) is 11.5. The predicted molar refractivity (Wildman–Crippen MR) is 113 cm³/mol. The Bertz CT molecular complexity index is 312. The largest absolute Gasteiger partial charge is 0.429 e. The van der Waals surface area contributed by atoms with E-state index in [9.17, 15) is 4.79 Å². The fraction of sp³-hybridized carbons (Fsp3) is 0.950. The number of nitrogens with two attached hydrogens (primary N) is 3. The highest BCUT2D eigenvalue weighted by Crippen LogP contribution is 2.26. The van der Waals surface area contributed by atoms with Crippen LogP contribution in [0.15, 0.2) is 0 Å². The maximum absolute atomic E-state index is 11.5. The van der Waals surface area contributed by atoms with Gasteiger partial charge in [-0.15, -0.1) is 12.4 Å². The molecule has 0 heterocycles. The lowest BCUT2D eigenvalue weighted by molar-refractivity contribution is -0.164. The van der Waals surface area contributed by atoms with Crippen molar-refractivity contribution in [3.63, 3.8) is 0 Å². The molecule has 6 heteroatoms. The van der Waals surface area contributed by atoms with Crippen LogP contribution in [0.3, 0.4) is 0 Å². The molecule has 0 saturated heterocycles. The zero-order chi connectivity index (χ0) is 19.0. The van der Waals surface area contributed by atoms with E-state index in [-0.39, 0.29) is 24.9 Å². The Hall–Kier alpha value is -0.360. The number of unbranched alkanes of at least 4 members (excludes halogenated alkanes) is 10. The summed E-state index contributed by atoms with van der Waals surface area (Å²) >= 11 is 0. The third-order valence-corrected chi connectivity index (χ3v) is 4.91. The number of hydrogen-bond donors (Lipinski definition) is 3. The Kier molecular flexibility index (Phi) is 19.3. The number of esters is 1. The fourth-order valence-electron chi connectivity index (χ4n) is 3.26. The quantitative estimate of drug-likeness (QED) is 0.190. The van der Waals surface area contributed by atoms with E-state index in [0.29, 0.717) is 0 Å². The molecule has 0 aromatic carbocycles. The number of rotatable bonds is 17. The lowest BCUT2D eigenvalue weighted by atomic mass is 9.90. The summed E-state index contributed by atoms with van der Waals surface area (Å²) in [6.07, 6.45) is 16.6. The monoisotopic (exact) mass is 393 g/mol. The molecule has 0 rings (SSSR count). The highest BCUT2D eigenvalue weighted by molar-refractivity contribution is 5.85. The van der Waals surface area contributed by atoms with Crippen LogP contribution >= 0.6 is 12.4 Å². The lowest BCUT2D eigenvalue weighted by Crippen LogP contribution is -2.59. The molecule has 0 atom stereocenters. The van der Waals surface area contributed by atoms with Crippen LogP contribution in [0, 0.1) is 5.92 Å². The van der Waals surface area contributed by atoms with Gasteiger partial charge < -0.3 is 10.5 Å². The highest BCUT2D eigenvalue weighted by Gasteiger charge is 2.33. The minimum absolute atomic E-state index is 0. The normalized spacial score (nSPS) is 11.5. The van der Waals surface area contributed by atoms with Gasteiger partial charge in [-0.2, -0.15) is 0 Å². The lowest BCUT2D eigenvalue weighted by Gasteiger charge is -2.33. The molecule has 6 N–H and O–H groups in total. The van der Waals surface area contributed by atoms with Crippen molar-refractivity contribution in [2.75, 3.05) is 6.54 Å². The second kappa shape index (κ2) is 18.0. The van der Waals surface area contributed by atoms with E-state index in [0.717, 1.165) is 25.7 Å². The van der Waals surface area contributed by atoms with Crippen LogP contribution in [0.2, 0.25) is 0 Å². The molecule has 0 spiro atoms. The van der Waals surface area contributed by atoms with Crippen LogP contribution in [0.1, 0.15) is 104 Å². The fourth-order valence-corrected chi connectivity index (χ4v) is 3.26. The summed E-state index contributed by atoms with van der Waals surface area (Å²) in [6.45, 7) is 4.26. The molecule has 5 nitrogen and oxygen atoms in total. The molecule has 0 saturated carbocycles. The first-order valence-electron chi connectivity index (χ1n) is 10.5. The molecular formula is C20H44ClN3O2. The van der Waals surface area contributed by atoms with Gasteiger partial charge in [0.2, 0.25) is 5.85 Å². The Labute approximate surface area is 167 Å². The van der Waals surface area contributed by atoms with Crippen molar-refractivity contribution in [2.24, 2.45) is 23.1 Å². The van der Waals surface area contributed by atoms with Crippen molar-refractivity contribution in [1.82, 2.24) is 0 Å². The summed E-state index contributed by atoms with van der Waals surface area (Å²) in [5.74, 6) is -1.93. The van der Waals surface area contributed by atoms with Crippen LogP contribution in [0.25, 0.3) is 0 Å². The Balaban J connectivity index is 0. The van der Waals surface area contributed by atoms with Gasteiger partial charge >= 0.3 is 5.97 Å². The summed E-state index contributed by atoms with van der Waals surface area (Å²) in [6, 6.07) is 0. The summed E-state index contributed by atoms with van der Waals surface area (Å²) in [5, 5.41) is 0. The molecule has 0 aliphatic carbocycles. The average molecular weight is 394 g/mol. The summed E-state index contributed by atoms with van der Waals surface area (Å²) < 4.78 is 5.23. The topological polar surface area (TPSA) is 104 Å². The van der Waals surface area contributed by atoms with Crippen molar-refractivity contribution in [2.45, 2.75) is 110 Å². The summed E-state index contributed by atoms with van der Waals surface area (Å²) in [5.41, 5.74) is 17.6. The SMILES string of the molecule is CCCCCCCCC(CCCCCCCC)C(N)(N)OC(=O)CN.Cl. The van der Waals surface area contributed by atoms with Crippen LogP contribution in [-0.2, 0) is 9.53 Å². The molecule has 0 aliphatic heterocycles. The molecular weight excluding hydrogens is 350 g/mol. The molecule has 0 bridgehead atoms. The van der Waals surface area contributed by atoms with Crippen molar-refractivity contribution in [1.29, 1.82) is 0 Å². The van der Waals surface area contributed by atoms with Crippen molar-refractivity contribution in [3.8, 4) is 0 Å². The van der Waals surface area contributed by atoms with Gasteiger partial charge in [-0.3, -0.25) is 16.3 Å². The molecule has 0 aliphatic rings. The van der Waals surface area contributed by atoms with Crippen molar-refractivity contribution >= 4 is 18.4 Å². The Morgan fingerprint density at radius 2 is 1.19 bits per heavy atom. The summed E-state index contributed by atoms with van der Waals surface area (Å²) in [7, 11) is 0. The molecule has 0 radical (unpaired) electrons. The molecule has 0 unspecified atom stereocenters. The molecule has 0 fully saturated rings. The maximum atomic E-state index is 11.5. The van der Waals surface area contributed by atoms with Crippen molar-refractivity contribution in [3.05, 3.63) is 0 Å². The standard InChI is InChI=1S/C20H43N3O2.ClH/c1-3-5-7-9-11-13-15-18(16-14-12-10-8-6-4-2)20(22,23)25-19(24)17-21;/h18H,3-17,21-23H2,1-2H3;1H. The van der Waals surface area contributed by atoms with E-state index < -0.39 is 11.8 Å². The van der Waals surface area contributed by atoms with Gasteiger partial charge in [0, 0.05) is 5.92 Å². The molecule has 26 heavy (non-hydrogen) atoms. The average Bonchev–Trinajstić information content (AvgIpc) is 2.58. The van der Waals surface area contributed by atoms with Crippen LogP contribution in [-0.4, -0.2) is 18.4 Å². The number of hydrogen-bond acceptors (Lipinski definition) is 5. The minimum atomic E-state index is -1.40. The van der Waals surface area contributed by atoms with Gasteiger partial charge in [-0.25, -0.2) is 0 Å². The van der Waals surface area contributed by atoms with Crippen LogP contribution < -0.4 is 17.2 Å². The predicted octanol–water partition coefficient (Wildman–Crippen LogP) is 4.60. The van der Waals surface area contributed by atoms with Crippen molar-refractivity contribution < 1.29 is 9.53 Å². The first-order valence-corrected chi connectivity index (χ1v) is 10.5. The van der Waals surface area contributed by atoms with Gasteiger partial charge in [0.25, 0.3) is 0 Å². The van der Waals surface area contributed by atoms with E-state index in [1.54, 1.807) is 0 Å². The molecule has 158 valence electrons. The Morgan fingerprint density at radius 1 is 0.808 bits per heavy atom. The van der Waals surface area contributed by atoms with Crippen LogP contribution in [0.4, 0.5) is 0 Å². The zero-order valence-corrected chi connectivity index (χ0v) is 18.0. The van der Waals surface area contributed by atoms with E-state index in [1.807, 2.05) is 0 Å². The third kappa shape index (κ3) is 14.8. The molecule has 0 amide bonds. The van der Waals surface area contributed by atoms with E-state index in [2.05, 4.69) is 13.8 Å².